The molecule has 3 heterocycles. The molecule has 0 aromatic carbocycles. The van der Waals surface area contributed by atoms with Gasteiger partial charge in [0.15, 0.2) is 0 Å². The van der Waals surface area contributed by atoms with Crippen LogP contribution in [0.1, 0.15) is 68.2 Å². The van der Waals surface area contributed by atoms with Gasteiger partial charge < -0.3 is 29.6 Å². The van der Waals surface area contributed by atoms with Gasteiger partial charge in [0.25, 0.3) is 0 Å². The fraction of sp³-hybridized carbons (Fsp3) is 0.750. The molecule has 2 N–H and O–H groups in total. The number of carbonyl (C=O) groups excluding carboxylic acids is 2. The van der Waals surface area contributed by atoms with Crippen molar-refractivity contribution >= 4 is 30.5 Å². The first-order chi connectivity index (χ1) is 16.2. The number of hydrogen-bond donors (Lipinski definition) is 2. The number of amides is 2. The highest BCUT2D eigenvalue weighted by Crippen LogP contribution is 2.36. The second-order valence-electron chi connectivity index (χ2n) is 11.4. The quantitative estimate of drug-likeness (QED) is 0.584. The third kappa shape index (κ3) is 7.07. The number of rotatable bonds is 6. The average Bonchev–Trinajstić information content (AvgIpc) is 2.98. The van der Waals surface area contributed by atoms with E-state index in [1.54, 1.807) is 40.1 Å². The van der Waals surface area contributed by atoms with Crippen LogP contribution in [0.3, 0.4) is 0 Å². The Kier molecular flexibility index (Phi) is 8.01. The normalized spacial score (nSPS) is 20.9. The lowest BCUT2D eigenvalue weighted by Crippen LogP contribution is -2.48. The molecule has 11 heteroatoms. The molecule has 1 atom stereocenters. The van der Waals surface area contributed by atoms with Gasteiger partial charge in [0.2, 0.25) is 11.9 Å². The van der Waals surface area contributed by atoms with Crippen molar-refractivity contribution in [2.75, 3.05) is 24.5 Å². The fourth-order valence-corrected chi connectivity index (χ4v) is 3.88. The summed E-state index contributed by atoms with van der Waals surface area (Å²) in [5.74, 6) is 0.816. The van der Waals surface area contributed by atoms with Crippen molar-refractivity contribution in [2.24, 2.45) is 5.92 Å². The zero-order valence-corrected chi connectivity index (χ0v) is 22.3. The molecule has 3 rings (SSSR count). The lowest BCUT2D eigenvalue weighted by Gasteiger charge is -2.32. The maximum Gasteiger partial charge on any atom is 0.498 e. The number of aromatic nitrogens is 2. The van der Waals surface area contributed by atoms with Gasteiger partial charge in [-0.25, -0.2) is 14.8 Å². The molecule has 2 saturated heterocycles. The molecule has 35 heavy (non-hydrogen) atoms. The van der Waals surface area contributed by atoms with E-state index in [1.165, 1.54) is 0 Å². The van der Waals surface area contributed by atoms with E-state index in [-0.39, 0.29) is 5.91 Å². The van der Waals surface area contributed by atoms with Crippen molar-refractivity contribution in [1.82, 2.24) is 20.6 Å². The Bertz CT molecular complexity index is 879. The Hall–Kier alpha value is -2.40. The van der Waals surface area contributed by atoms with Crippen LogP contribution in [0.25, 0.3) is 0 Å². The molecule has 0 bridgehead atoms. The molecule has 2 fully saturated rings. The molecule has 0 unspecified atom stereocenters. The lowest BCUT2D eigenvalue weighted by atomic mass is 9.81. The molecule has 1 aromatic heterocycles. The van der Waals surface area contributed by atoms with Crippen molar-refractivity contribution in [2.45, 2.75) is 91.1 Å². The fourth-order valence-electron chi connectivity index (χ4n) is 3.88. The number of piperidine rings is 1. The third-order valence-corrected chi connectivity index (χ3v) is 6.77. The molecule has 0 radical (unpaired) electrons. The van der Waals surface area contributed by atoms with E-state index in [0.29, 0.717) is 18.4 Å². The number of nitrogens with one attached hydrogen (secondary N) is 2. The van der Waals surface area contributed by atoms with E-state index in [0.717, 1.165) is 31.4 Å². The Balaban J connectivity index is 1.42. The van der Waals surface area contributed by atoms with Gasteiger partial charge in [0, 0.05) is 37.5 Å². The Morgan fingerprint density at radius 2 is 1.69 bits per heavy atom. The molecule has 0 spiro atoms. The first kappa shape index (κ1) is 27.2. The van der Waals surface area contributed by atoms with Crippen LogP contribution in [-0.2, 0) is 18.8 Å². The van der Waals surface area contributed by atoms with Gasteiger partial charge in [-0.05, 0) is 74.1 Å². The first-order valence-electron chi connectivity index (χ1n) is 12.4. The van der Waals surface area contributed by atoms with Crippen LogP contribution in [0.5, 0.6) is 0 Å². The van der Waals surface area contributed by atoms with Crippen LogP contribution >= 0.6 is 0 Å². The number of nitrogens with zero attached hydrogens (tertiary/aromatic N) is 3. The summed E-state index contributed by atoms with van der Waals surface area (Å²) in [6.07, 6.45) is 4.77. The summed E-state index contributed by atoms with van der Waals surface area (Å²) in [6.45, 7) is 17.2. The van der Waals surface area contributed by atoms with Crippen molar-refractivity contribution in [3.05, 3.63) is 12.4 Å². The number of carbonyl (C=O) groups is 2. The minimum absolute atomic E-state index is 0.222. The first-order valence-corrected chi connectivity index (χ1v) is 12.4. The summed E-state index contributed by atoms with van der Waals surface area (Å²) in [6, 6.07) is -0.666. The Labute approximate surface area is 209 Å². The predicted molar refractivity (Wildman–Crippen MR) is 135 cm³/mol. The smallest absolute Gasteiger partial charge is 0.444 e. The standard InChI is InChI=1S/C24H40BN5O5/c1-16(29-21(32)33-22(2,3)4)19(31)26-13-17-9-11-30(12-10-17)20-27-14-18(15-28-20)25-34-23(5,6)24(7,8)35-25/h14-17H,9-13H2,1-8H3,(H,26,31)(H,29,32)/t16-/m0/s1. The van der Waals surface area contributed by atoms with Gasteiger partial charge in [0.05, 0.1) is 11.2 Å². The topological polar surface area (TPSA) is 115 Å². The van der Waals surface area contributed by atoms with Crippen LogP contribution in [0.2, 0.25) is 0 Å². The van der Waals surface area contributed by atoms with Crippen LogP contribution < -0.4 is 21.0 Å². The van der Waals surface area contributed by atoms with Crippen LogP contribution in [0.4, 0.5) is 10.7 Å². The second kappa shape index (κ2) is 10.3. The molecule has 2 aliphatic heterocycles. The molecule has 0 saturated carbocycles. The van der Waals surface area contributed by atoms with E-state index in [9.17, 15) is 9.59 Å². The number of alkyl carbamates (subject to hydrolysis) is 1. The maximum atomic E-state index is 12.4. The molecule has 194 valence electrons. The maximum absolute atomic E-state index is 12.4. The second-order valence-corrected chi connectivity index (χ2v) is 11.4. The van der Waals surface area contributed by atoms with Crippen LogP contribution in [0, 0.1) is 5.92 Å². The Morgan fingerprint density at radius 3 is 2.20 bits per heavy atom. The predicted octanol–water partition coefficient (Wildman–Crippen LogP) is 2.02. The van der Waals surface area contributed by atoms with E-state index < -0.39 is 36.1 Å². The lowest BCUT2D eigenvalue weighted by molar-refractivity contribution is -0.123. The van der Waals surface area contributed by atoms with E-state index in [2.05, 4.69) is 25.5 Å². The minimum atomic E-state index is -0.666. The molecule has 10 nitrogen and oxygen atoms in total. The third-order valence-electron chi connectivity index (χ3n) is 6.77. The number of ether oxygens (including phenoxy) is 1. The summed E-state index contributed by atoms with van der Waals surface area (Å²) in [5.41, 5.74) is -0.613. The summed E-state index contributed by atoms with van der Waals surface area (Å²) in [7, 11) is -0.476. The van der Waals surface area contributed by atoms with E-state index >= 15 is 0 Å². The van der Waals surface area contributed by atoms with Crippen molar-refractivity contribution < 1.29 is 23.6 Å². The van der Waals surface area contributed by atoms with Gasteiger partial charge in [-0.15, -0.1) is 0 Å². The highest BCUT2D eigenvalue weighted by molar-refractivity contribution is 6.61. The van der Waals surface area contributed by atoms with E-state index in [1.807, 2.05) is 27.7 Å². The van der Waals surface area contributed by atoms with Crippen LogP contribution in [0.15, 0.2) is 12.4 Å². The number of anilines is 1. The van der Waals surface area contributed by atoms with Crippen molar-refractivity contribution in [1.29, 1.82) is 0 Å². The van der Waals surface area contributed by atoms with Gasteiger partial charge >= 0.3 is 13.2 Å². The highest BCUT2D eigenvalue weighted by Gasteiger charge is 2.52. The van der Waals surface area contributed by atoms with Gasteiger partial charge in [-0.1, -0.05) is 0 Å². The monoisotopic (exact) mass is 489 g/mol. The SMILES string of the molecule is C[C@H](NC(=O)OC(C)(C)C)C(=O)NCC1CCN(c2ncc(B3OC(C)(C)C(C)(C)O3)cn2)CC1. The molecule has 2 aliphatic rings. The summed E-state index contributed by atoms with van der Waals surface area (Å²) >= 11 is 0. The van der Waals surface area contributed by atoms with Crippen molar-refractivity contribution in [3.8, 4) is 0 Å². The molecular weight excluding hydrogens is 449 g/mol. The molecular formula is C24H40BN5O5. The summed E-state index contributed by atoms with van der Waals surface area (Å²) in [5, 5.41) is 5.51. The van der Waals surface area contributed by atoms with Gasteiger partial charge in [0.1, 0.15) is 11.6 Å². The van der Waals surface area contributed by atoms with Crippen molar-refractivity contribution in [3.63, 3.8) is 0 Å². The summed E-state index contributed by atoms with van der Waals surface area (Å²) in [4.78, 5) is 35.5. The zero-order chi connectivity index (χ0) is 26.0. The minimum Gasteiger partial charge on any atom is -0.444 e. The molecule has 2 amide bonds. The summed E-state index contributed by atoms with van der Waals surface area (Å²) < 4.78 is 17.3. The van der Waals surface area contributed by atoms with Gasteiger partial charge in [-0.3, -0.25) is 4.79 Å². The Morgan fingerprint density at radius 1 is 1.14 bits per heavy atom. The average molecular weight is 489 g/mol. The van der Waals surface area contributed by atoms with E-state index in [4.69, 9.17) is 14.0 Å². The highest BCUT2D eigenvalue weighted by atomic mass is 16.7. The molecule has 0 aliphatic carbocycles. The van der Waals surface area contributed by atoms with Crippen LogP contribution in [-0.4, -0.2) is 71.6 Å². The van der Waals surface area contributed by atoms with Gasteiger partial charge in [-0.2, -0.15) is 0 Å². The molecule has 1 aromatic rings. The largest absolute Gasteiger partial charge is 0.498 e. The number of hydrogen-bond acceptors (Lipinski definition) is 8. The zero-order valence-electron chi connectivity index (χ0n) is 22.3.